The first-order valence-corrected chi connectivity index (χ1v) is 7.21. The number of rotatable bonds is 5. The van der Waals surface area contributed by atoms with Crippen molar-refractivity contribution in [3.63, 3.8) is 0 Å². The number of thioether (sulfide) groups is 1. The molecule has 1 aliphatic heterocycles. The Morgan fingerprint density at radius 1 is 1.41 bits per heavy atom. The van der Waals surface area contributed by atoms with E-state index < -0.39 is 0 Å². The third kappa shape index (κ3) is 4.02. The van der Waals surface area contributed by atoms with E-state index >= 15 is 0 Å². The molecule has 0 amide bonds. The maximum atomic E-state index is 11.8. The van der Waals surface area contributed by atoms with Gasteiger partial charge in [0, 0.05) is 23.3 Å². The van der Waals surface area contributed by atoms with Crippen molar-refractivity contribution in [2.75, 3.05) is 19.0 Å². The van der Waals surface area contributed by atoms with Crippen LogP contribution in [0.3, 0.4) is 0 Å². The minimum absolute atomic E-state index is 0.132. The zero-order chi connectivity index (χ0) is 12.1. The van der Waals surface area contributed by atoms with Crippen molar-refractivity contribution in [1.82, 2.24) is 0 Å². The Balaban J connectivity index is 1.72. The van der Waals surface area contributed by atoms with E-state index in [1.54, 1.807) is 11.8 Å². The van der Waals surface area contributed by atoms with Crippen LogP contribution in [-0.2, 0) is 15.3 Å². The summed E-state index contributed by atoms with van der Waals surface area (Å²) < 4.78 is 5.21. The second kappa shape index (κ2) is 6.43. The number of ether oxygens (including phenoxy) is 1. The molecule has 1 aliphatic rings. The monoisotopic (exact) mass is 270 g/mol. The second-order valence-corrected chi connectivity index (χ2v) is 5.57. The van der Waals surface area contributed by atoms with E-state index in [4.69, 9.17) is 16.3 Å². The summed E-state index contributed by atoms with van der Waals surface area (Å²) in [4.78, 5) is 11.8. The first kappa shape index (κ1) is 12.9. The molecule has 2 rings (SSSR count). The van der Waals surface area contributed by atoms with Crippen LogP contribution in [0.4, 0.5) is 0 Å². The minimum atomic E-state index is 0.132. The van der Waals surface area contributed by atoms with E-state index in [9.17, 15) is 4.79 Å². The van der Waals surface area contributed by atoms with Crippen LogP contribution < -0.4 is 0 Å². The molecule has 0 saturated carbocycles. The van der Waals surface area contributed by atoms with E-state index in [0.717, 1.165) is 23.8 Å². The van der Waals surface area contributed by atoms with Crippen LogP contribution in [0.15, 0.2) is 24.3 Å². The van der Waals surface area contributed by atoms with Gasteiger partial charge in [-0.05, 0) is 24.1 Å². The second-order valence-electron chi connectivity index (χ2n) is 4.15. The Hall–Kier alpha value is -0.510. The molecule has 1 aromatic rings. The van der Waals surface area contributed by atoms with Gasteiger partial charge < -0.3 is 4.74 Å². The fraction of sp³-hybridized carbons (Fsp3) is 0.462. The van der Waals surface area contributed by atoms with Crippen molar-refractivity contribution in [2.45, 2.75) is 12.2 Å². The highest BCUT2D eigenvalue weighted by molar-refractivity contribution is 7.99. The summed E-state index contributed by atoms with van der Waals surface area (Å²) in [5, 5.41) is 0.748. The summed E-state index contributed by atoms with van der Waals surface area (Å²) >= 11 is 7.47. The molecule has 1 saturated heterocycles. The van der Waals surface area contributed by atoms with Crippen LogP contribution in [0.2, 0.25) is 5.02 Å². The molecule has 1 atom stereocenters. The molecule has 0 bridgehead atoms. The topological polar surface area (TPSA) is 26.3 Å². The Bertz CT molecular complexity index is 372. The zero-order valence-corrected chi connectivity index (χ0v) is 11.1. The summed E-state index contributed by atoms with van der Waals surface area (Å²) in [6, 6.07) is 7.76. The molecule has 1 heterocycles. The molecule has 0 N–H and O–H groups in total. The van der Waals surface area contributed by atoms with Crippen LogP contribution >= 0.6 is 23.4 Å². The van der Waals surface area contributed by atoms with Gasteiger partial charge >= 0.3 is 0 Å². The van der Waals surface area contributed by atoms with Crippen LogP contribution in [0, 0.1) is 5.92 Å². The summed E-state index contributed by atoms with van der Waals surface area (Å²) in [6.07, 6.45) is 0.889. The SMILES string of the molecule is O=C(CSCc1ccc(Cl)cc1)C1CCOC1. The highest BCUT2D eigenvalue weighted by Crippen LogP contribution is 2.19. The van der Waals surface area contributed by atoms with Crippen molar-refractivity contribution in [1.29, 1.82) is 0 Å². The lowest BCUT2D eigenvalue weighted by Gasteiger charge is -2.06. The van der Waals surface area contributed by atoms with E-state index in [-0.39, 0.29) is 5.92 Å². The summed E-state index contributed by atoms with van der Waals surface area (Å²) in [6.45, 7) is 1.35. The van der Waals surface area contributed by atoms with E-state index in [1.165, 1.54) is 5.56 Å². The van der Waals surface area contributed by atoms with Gasteiger partial charge in [-0.25, -0.2) is 0 Å². The molecular formula is C13H15ClO2S. The Morgan fingerprint density at radius 2 is 2.18 bits per heavy atom. The molecule has 1 fully saturated rings. The highest BCUT2D eigenvalue weighted by atomic mass is 35.5. The Labute approximate surface area is 111 Å². The predicted molar refractivity (Wildman–Crippen MR) is 71.5 cm³/mol. The maximum absolute atomic E-state index is 11.8. The minimum Gasteiger partial charge on any atom is -0.381 e. The molecule has 2 nitrogen and oxygen atoms in total. The fourth-order valence-electron chi connectivity index (χ4n) is 1.76. The average molecular weight is 271 g/mol. The van der Waals surface area contributed by atoms with Gasteiger partial charge in [-0.15, -0.1) is 11.8 Å². The molecule has 17 heavy (non-hydrogen) atoms. The first-order chi connectivity index (χ1) is 8.25. The molecule has 0 radical (unpaired) electrons. The lowest BCUT2D eigenvalue weighted by atomic mass is 10.1. The quantitative estimate of drug-likeness (QED) is 0.822. The Morgan fingerprint density at radius 3 is 2.82 bits per heavy atom. The molecular weight excluding hydrogens is 256 g/mol. The van der Waals surface area contributed by atoms with Crippen molar-refractivity contribution < 1.29 is 9.53 Å². The van der Waals surface area contributed by atoms with Gasteiger partial charge in [-0.1, -0.05) is 23.7 Å². The number of halogens is 1. The van der Waals surface area contributed by atoms with Crippen molar-refractivity contribution in [2.24, 2.45) is 5.92 Å². The van der Waals surface area contributed by atoms with E-state index in [2.05, 4.69) is 0 Å². The van der Waals surface area contributed by atoms with Crippen LogP contribution in [-0.4, -0.2) is 24.7 Å². The smallest absolute Gasteiger partial charge is 0.148 e. The number of ketones is 1. The van der Waals surface area contributed by atoms with Crippen molar-refractivity contribution in [3.8, 4) is 0 Å². The van der Waals surface area contributed by atoms with Gasteiger partial charge in [0.1, 0.15) is 5.78 Å². The summed E-state index contributed by atoms with van der Waals surface area (Å²) in [7, 11) is 0. The molecule has 92 valence electrons. The largest absolute Gasteiger partial charge is 0.381 e. The molecule has 0 aliphatic carbocycles. The van der Waals surface area contributed by atoms with Gasteiger partial charge in [0.2, 0.25) is 0 Å². The number of hydrogen-bond acceptors (Lipinski definition) is 3. The van der Waals surface area contributed by atoms with Crippen LogP contribution in [0.25, 0.3) is 0 Å². The average Bonchev–Trinajstić information content (AvgIpc) is 2.85. The molecule has 1 unspecified atom stereocenters. The molecule has 1 aromatic carbocycles. The fourth-order valence-corrected chi connectivity index (χ4v) is 2.85. The van der Waals surface area contributed by atoms with E-state index in [0.29, 0.717) is 18.1 Å². The number of benzene rings is 1. The van der Waals surface area contributed by atoms with Crippen molar-refractivity contribution in [3.05, 3.63) is 34.9 Å². The summed E-state index contributed by atoms with van der Waals surface area (Å²) in [5.74, 6) is 1.89. The standard InChI is InChI=1S/C13H15ClO2S/c14-12-3-1-10(2-4-12)8-17-9-13(15)11-5-6-16-7-11/h1-4,11H,5-9H2. The number of carbonyl (C=O) groups excluding carboxylic acids is 1. The molecule has 0 spiro atoms. The van der Waals surface area contributed by atoms with Gasteiger partial charge in [0.25, 0.3) is 0 Å². The normalized spacial score (nSPS) is 19.5. The van der Waals surface area contributed by atoms with Gasteiger partial charge in [0.05, 0.1) is 12.4 Å². The van der Waals surface area contributed by atoms with Gasteiger partial charge in [-0.3, -0.25) is 4.79 Å². The Kier molecular flexibility index (Phi) is 4.89. The molecule has 0 aromatic heterocycles. The van der Waals surface area contributed by atoms with Gasteiger partial charge in [0.15, 0.2) is 0 Å². The predicted octanol–water partition coefficient (Wildman–Crippen LogP) is 3.18. The lowest BCUT2D eigenvalue weighted by Crippen LogP contribution is -2.16. The number of Topliss-reactive ketones (excluding diaryl/α,β-unsaturated/α-hetero) is 1. The summed E-state index contributed by atoms with van der Waals surface area (Å²) in [5.41, 5.74) is 1.20. The third-order valence-corrected chi connectivity index (χ3v) is 4.09. The van der Waals surface area contributed by atoms with Crippen LogP contribution in [0.5, 0.6) is 0 Å². The first-order valence-electron chi connectivity index (χ1n) is 5.68. The maximum Gasteiger partial charge on any atom is 0.148 e. The zero-order valence-electron chi connectivity index (χ0n) is 9.52. The number of carbonyl (C=O) groups is 1. The highest BCUT2D eigenvalue weighted by Gasteiger charge is 2.22. The van der Waals surface area contributed by atoms with Crippen LogP contribution in [0.1, 0.15) is 12.0 Å². The van der Waals surface area contributed by atoms with Gasteiger partial charge in [-0.2, -0.15) is 0 Å². The lowest BCUT2D eigenvalue weighted by molar-refractivity contribution is -0.120. The molecule has 4 heteroatoms. The number of hydrogen-bond donors (Lipinski definition) is 0. The van der Waals surface area contributed by atoms with E-state index in [1.807, 2.05) is 24.3 Å². The third-order valence-electron chi connectivity index (χ3n) is 2.81. The van der Waals surface area contributed by atoms with Crippen molar-refractivity contribution >= 4 is 29.1 Å².